The summed E-state index contributed by atoms with van der Waals surface area (Å²) in [6.07, 6.45) is 1.08. The summed E-state index contributed by atoms with van der Waals surface area (Å²) in [6.45, 7) is 1.90. The minimum Gasteiger partial charge on any atom is -0.469 e. The predicted molar refractivity (Wildman–Crippen MR) is 79.5 cm³/mol. The zero-order valence-electron chi connectivity index (χ0n) is 13.1. The molecule has 0 spiro atoms. The van der Waals surface area contributed by atoms with E-state index in [1.165, 1.54) is 14.2 Å². The summed E-state index contributed by atoms with van der Waals surface area (Å²) >= 11 is 0. The fourth-order valence-corrected chi connectivity index (χ4v) is 2.99. The minimum absolute atomic E-state index is 0.0124. The number of benzene rings is 1. The van der Waals surface area contributed by atoms with Crippen molar-refractivity contribution in [2.75, 3.05) is 14.2 Å². The van der Waals surface area contributed by atoms with Gasteiger partial charge in [-0.15, -0.1) is 0 Å². The second kappa shape index (κ2) is 6.30. The molecular weight excluding hydrogens is 284 g/mol. The fraction of sp³-hybridized carbons (Fsp3) is 0.471. The monoisotopic (exact) mass is 304 g/mol. The second-order valence-corrected chi connectivity index (χ2v) is 5.64. The first-order chi connectivity index (χ1) is 10.4. The Morgan fingerprint density at radius 3 is 2.59 bits per heavy atom. The maximum Gasteiger partial charge on any atom is 0.319 e. The summed E-state index contributed by atoms with van der Waals surface area (Å²) < 4.78 is 9.48. The van der Waals surface area contributed by atoms with Crippen LogP contribution in [0.1, 0.15) is 40.7 Å². The van der Waals surface area contributed by atoms with Gasteiger partial charge in [-0.2, -0.15) is 0 Å². The number of aryl methyl sites for hydroxylation is 2. The van der Waals surface area contributed by atoms with Crippen molar-refractivity contribution in [1.29, 1.82) is 0 Å². The van der Waals surface area contributed by atoms with Crippen molar-refractivity contribution < 1.29 is 23.9 Å². The van der Waals surface area contributed by atoms with Crippen molar-refractivity contribution in [2.45, 2.75) is 32.6 Å². The van der Waals surface area contributed by atoms with E-state index in [0.717, 1.165) is 11.1 Å². The molecule has 1 atom stereocenters. The number of Topliss-reactive ketones (excluding diaryl/α,β-unsaturated/α-hetero) is 1. The second-order valence-electron chi connectivity index (χ2n) is 5.64. The number of esters is 2. The molecule has 0 saturated carbocycles. The van der Waals surface area contributed by atoms with Gasteiger partial charge < -0.3 is 9.47 Å². The number of methoxy groups -OCH3 is 2. The molecule has 0 aromatic heterocycles. The molecule has 22 heavy (non-hydrogen) atoms. The van der Waals surface area contributed by atoms with Crippen LogP contribution in [-0.2, 0) is 25.5 Å². The highest BCUT2D eigenvalue weighted by molar-refractivity contribution is 6.14. The molecule has 0 fully saturated rings. The lowest BCUT2D eigenvalue weighted by molar-refractivity contribution is -0.151. The van der Waals surface area contributed by atoms with Crippen molar-refractivity contribution in [3.8, 4) is 0 Å². The number of carbonyl (C=O) groups is 3. The van der Waals surface area contributed by atoms with Gasteiger partial charge in [0.2, 0.25) is 0 Å². The van der Waals surface area contributed by atoms with E-state index in [9.17, 15) is 14.4 Å². The normalized spacial score (nSPS) is 20.2. The lowest BCUT2D eigenvalue weighted by Crippen LogP contribution is -2.44. The molecule has 0 N–H and O–H groups in total. The molecule has 1 aromatic carbocycles. The maximum absolute atomic E-state index is 12.9. The molecule has 5 nitrogen and oxygen atoms in total. The van der Waals surface area contributed by atoms with Crippen LogP contribution in [0.5, 0.6) is 0 Å². The largest absolute Gasteiger partial charge is 0.469 e. The van der Waals surface area contributed by atoms with Gasteiger partial charge in [-0.3, -0.25) is 14.4 Å². The van der Waals surface area contributed by atoms with E-state index in [2.05, 4.69) is 4.74 Å². The summed E-state index contributed by atoms with van der Waals surface area (Å²) in [5.41, 5.74) is 1.17. The lowest BCUT2D eigenvalue weighted by atomic mass is 9.67. The molecule has 1 aliphatic rings. The summed E-state index contributed by atoms with van der Waals surface area (Å²) in [5.74, 6) is -1.27. The Morgan fingerprint density at radius 2 is 1.95 bits per heavy atom. The van der Waals surface area contributed by atoms with Gasteiger partial charge in [0.05, 0.1) is 14.2 Å². The van der Waals surface area contributed by atoms with Gasteiger partial charge in [0, 0.05) is 12.0 Å². The average Bonchev–Trinajstić information content (AvgIpc) is 2.54. The van der Waals surface area contributed by atoms with Crippen molar-refractivity contribution in [3.05, 3.63) is 34.9 Å². The van der Waals surface area contributed by atoms with Gasteiger partial charge in [-0.05, 0) is 37.8 Å². The van der Waals surface area contributed by atoms with Crippen LogP contribution in [0.25, 0.3) is 0 Å². The molecular formula is C17H20O5. The molecule has 1 aliphatic carbocycles. The van der Waals surface area contributed by atoms with Crippen LogP contribution in [0.3, 0.4) is 0 Å². The van der Waals surface area contributed by atoms with Gasteiger partial charge >= 0.3 is 11.9 Å². The third-order valence-corrected chi connectivity index (χ3v) is 4.33. The van der Waals surface area contributed by atoms with E-state index in [0.29, 0.717) is 18.4 Å². The molecule has 0 saturated heterocycles. The smallest absolute Gasteiger partial charge is 0.319 e. The number of hydrogen-bond donors (Lipinski definition) is 0. The molecule has 0 amide bonds. The fourth-order valence-electron chi connectivity index (χ4n) is 2.99. The molecule has 0 aliphatic heterocycles. The Balaban J connectivity index is 2.40. The number of ether oxygens (including phenoxy) is 2. The summed E-state index contributed by atoms with van der Waals surface area (Å²) in [5, 5.41) is 0. The maximum atomic E-state index is 12.9. The molecule has 0 radical (unpaired) electrons. The Bertz CT molecular complexity index is 619. The number of fused-ring (bicyclic) bond motifs is 1. The van der Waals surface area contributed by atoms with E-state index < -0.39 is 17.4 Å². The quantitative estimate of drug-likeness (QED) is 0.630. The van der Waals surface area contributed by atoms with Gasteiger partial charge in [-0.25, -0.2) is 0 Å². The SMILES string of the molecule is COC(=O)CCC1(C(=O)OC)CCc2ccc(C)cc2C1=O. The molecule has 2 rings (SSSR count). The summed E-state index contributed by atoms with van der Waals surface area (Å²) in [7, 11) is 2.55. The standard InChI is InChI=1S/C17H20O5/c1-11-4-5-12-6-8-17(16(20)22-3,9-7-14(18)21-2)15(19)13(12)10-11/h4-5,10H,6-9H2,1-3H3. The highest BCUT2D eigenvalue weighted by atomic mass is 16.5. The predicted octanol–water partition coefficient (Wildman–Crippen LogP) is 2.24. The van der Waals surface area contributed by atoms with E-state index in [1.807, 2.05) is 19.1 Å². The van der Waals surface area contributed by atoms with Gasteiger partial charge in [0.15, 0.2) is 5.78 Å². The first kappa shape index (κ1) is 16.2. The van der Waals surface area contributed by atoms with Crippen LogP contribution >= 0.6 is 0 Å². The Kier molecular flexibility index (Phi) is 4.64. The van der Waals surface area contributed by atoms with Crippen LogP contribution in [-0.4, -0.2) is 31.9 Å². The van der Waals surface area contributed by atoms with Crippen molar-refractivity contribution >= 4 is 17.7 Å². The third kappa shape index (κ3) is 2.75. The first-order valence-electron chi connectivity index (χ1n) is 7.24. The molecule has 0 bridgehead atoms. The summed E-state index contributed by atoms with van der Waals surface area (Å²) in [4.78, 5) is 36.7. The van der Waals surface area contributed by atoms with Crippen molar-refractivity contribution in [2.24, 2.45) is 5.41 Å². The zero-order valence-corrected chi connectivity index (χ0v) is 13.1. The number of hydrogen-bond acceptors (Lipinski definition) is 5. The van der Waals surface area contributed by atoms with E-state index in [1.54, 1.807) is 6.07 Å². The van der Waals surface area contributed by atoms with Crippen LogP contribution < -0.4 is 0 Å². The molecule has 1 aromatic rings. The highest BCUT2D eigenvalue weighted by Gasteiger charge is 2.49. The van der Waals surface area contributed by atoms with Gasteiger partial charge in [0.25, 0.3) is 0 Å². The average molecular weight is 304 g/mol. The van der Waals surface area contributed by atoms with Gasteiger partial charge in [-0.1, -0.05) is 17.7 Å². The molecule has 0 heterocycles. The van der Waals surface area contributed by atoms with Crippen molar-refractivity contribution in [3.63, 3.8) is 0 Å². The Hall–Kier alpha value is -2.17. The van der Waals surface area contributed by atoms with E-state index in [4.69, 9.17) is 4.74 Å². The highest BCUT2D eigenvalue weighted by Crippen LogP contribution is 2.40. The topological polar surface area (TPSA) is 69.7 Å². The third-order valence-electron chi connectivity index (χ3n) is 4.33. The first-order valence-corrected chi connectivity index (χ1v) is 7.24. The molecule has 1 unspecified atom stereocenters. The van der Waals surface area contributed by atoms with Crippen LogP contribution in [0.15, 0.2) is 18.2 Å². The van der Waals surface area contributed by atoms with Crippen LogP contribution in [0, 0.1) is 12.3 Å². The minimum atomic E-state index is -1.29. The lowest BCUT2D eigenvalue weighted by Gasteiger charge is -2.34. The van der Waals surface area contributed by atoms with Crippen molar-refractivity contribution in [1.82, 2.24) is 0 Å². The van der Waals surface area contributed by atoms with Crippen LogP contribution in [0.4, 0.5) is 0 Å². The van der Waals surface area contributed by atoms with E-state index in [-0.39, 0.29) is 18.6 Å². The van der Waals surface area contributed by atoms with Crippen LogP contribution in [0.2, 0.25) is 0 Å². The molecule has 5 heteroatoms. The molecule has 118 valence electrons. The number of rotatable bonds is 4. The Labute approximate surface area is 129 Å². The number of ketones is 1. The Morgan fingerprint density at radius 1 is 1.23 bits per heavy atom. The van der Waals surface area contributed by atoms with E-state index >= 15 is 0 Å². The zero-order chi connectivity index (χ0) is 16.3. The number of carbonyl (C=O) groups excluding carboxylic acids is 3. The van der Waals surface area contributed by atoms with Gasteiger partial charge in [0.1, 0.15) is 5.41 Å². The summed E-state index contributed by atoms with van der Waals surface area (Å²) in [6, 6.07) is 5.67.